The second kappa shape index (κ2) is 7.03. The largest absolute Gasteiger partial charge is 0.466 e. The number of rotatable bonds is 6. The molecule has 106 valence electrons. The smallest absolute Gasteiger partial charge is 0.309 e. The van der Waals surface area contributed by atoms with Crippen molar-refractivity contribution in [1.29, 1.82) is 0 Å². The molecule has 7 heteroatoms. The predicted molar refractivity (Wildman–Crippen MR) is 71.9 cm³/mol. The Bertz CT molecular complexity index is 534. The molecule has 0 spiro atoms. The van der Waals surface area contributed by atoms with Crippen molar-refractivity contribution in [2.24, 2.45) is 5.73 Å². The number of hydrogen-bond donors (Lipinski definition) is 1. The van der Waals surface area contributed by atoms with E-state index in [-0.39, 0.29) is 24.3 Å². The van der Waals surface area contributed by atoms with Crippen molar-refractivity contribution in [2.45, 2.75) is 13.3 Å². The normalized spacial score (nSPS) is 10.4. The number of carbonyl (C=O) groups excluding carboxylic acids is 2. The third kappa shape index (κ3) is 4.52. The van der Waals surface area contributed by atoms with Crippen molar-refractivity contribution in [2.75, 3.05) is 6.61 Å². The molecule has 1 aromatic rings. The van der Waals surface area contributed by atoms with Crippen LogP contribution in [0.3, 0.4) is 0 Å². The summed E-state index contributed by atoms with van der Waals surface area (Å²) >= 11 is 0. The number of carbonyl (C=O) groups is 2. The highest BCUT2D eigenvalue weighted by atomic mass is 16.6. The van der Waals surface area contributed by atoms with Gasteiger partial charge in [-0.05, 0) is 18.6 Å². The lowest BCUT2D eigenvalue weighted by molar-refractivity contribution is -0.384. The van der Waals surface area contributed by atoms with Gasteiger partial charge < -0.3 is 10.5 Å². The monoisotopic (exact) mass is 278 g/mol. The first-order chi connectivity index (χ1) is 9.43. The van der Waals surface area contributed by atoms with Gasteiger partial charge in [0.2, 0.25) is 5.91 Å². The molecular formula is C13H14N2O5. The Hall–Kier alpha value is -2.70. The zero-order chi connectivity index (χ0) is 15.1. The molecule has 1 aromatic carbocycles. The van der Waals surface area contributed by atoms with Gasteiger partial charge in [-0.25, -0.2) is 0 Å². The summed E-state index contributed by atoms with van der Waals surface area (Å²) in [6, 6.07) is 3.80. The summed E-state index contributed by atoms with van der Waals surface area (Å²) in [5.41, 5.74) is 5.32. The van der Waals surface area contributed by atoms with Crippen LogP contribution in [-0.2, 0) is 9.53 Å². The van der Waals surface area contributed by atoms with E-state index < -0.39 is 16.8 Å². The van der Waals surface area contributed by atoms with Crippen molar-refractivity contribution in [3.63, 3.8) is 0 Å². The first kappa shape index (κ1) is 15.4. The van der Waals surface area contributed by atoms with Gasteiger partial charge in [-0.15, -0.1) is 0 Å². The van der Waals surface area contributed by atoms with Crippen LogP contribution in [0.25, 0.3) is 6.08 Å². The van der Waals surface area contributed by atoms with Gasteiger partial charge in [0.25, 0.3) is 5.69 Å². The van der Waals surface area contributed by atoms with Crippen LogP contribution in [0.15, 0.2) is 24.3 Å². The molecule has 0 heterocycles. The standard InChI is InChI=1S/C13H14N2O5/c1-2-20-12(16)5-3-4-9-6-10(13(14)17)8-11(7-9)15(18)19/h3-4,6-8H,2,5H2,1H3,(H2,14,17). The second-order valence-corrected chi connectivity index (χ2v) is 3.85. The van der Waals surface area contributed by atoms with Crippen LogP contribution in [0.1, 0.15) is 29.3 Å². The van der Waals surface area contributed by atoms with E-state index >= 15 is 0 Å². The predicted octanol–water partition coefficient (Wildman–Crippen LogP) is 1.66. The fourth-order valence-corrected chi connectivity index (χ4v) is 1.49. The number of nitrogens with two attached hydrogens (primary N) is 1. The zero-order valence-electron chi connectivity index (χ0n) is 10.9. The van der Waals surface area contributed by atoms with E-state index in [9.17, 15) is 19.7 Å². The Balaban J connectivity index is 2.94. The van der Waals surface area contributed by atoms with Crippen molar-refractivity contribution < 1.29 is 19.2 Å². The van der Waals surface area contributed by atoms with Crippen LogP contribution >= 0.6 is 0 Å². The van der Waals surface area contributed by atoms with Crippen molar-refractivity contribution in [3.8, 4) is 0 Å². The molecule has 20 heavy (non-hydrogen) atoms. The number of non-ortho nitro benzene ring substituents is 1. The van der Waals surface area contributed by atoms with Gasteiger partial charge >= 0.3 is 5.97 Å². The number of esters is 1. The zero-order valence-corrected chi connectivity index (χ0v) is 10.9. The number of amides is 1. The number of primary amides is 1. The van der Waals surface area contributed by atoms with Crippen LogP contribution in [-0.4, -0.2) is 23.4 Å². The van der Waals surface area contributed by atoms with Crippen molar-refractivity contribution >= 4 is 23.6 Å². The van der Waals surface area contributed by atoms with E-state index in [4.69, 9.17) is 10.5 Å². The summed E-state index contributed by atoms with van der Waals surface area (Å²) in [6.07, 6.45) is 3.04. The van der Waals surface area contributed by atoms with Gasteiger partial charge in [0.15, 0.2) is 0 Å². The lowest BCUT2D eigenvalue weighted by Gasteiger charge is -2.00. The number of nitro groups is 1. The Morgan fingerprint density at radius 3 is 2.65 bits per heavy atom. The van der Waals surface area contributed by atoms with E-state index in [2.05, 4.69) is 0 Å². The summed E-state index contributed by atoms with van der Waals surface area (Å²) in [6.45, 7) is 1.98. The van der Waals surface area contributed by atoms with Crippen molar-refractivity contribution in [1.82, 2.24) is 0 Å². The quantitative estimate of drug-likeness (QED) is 0.483. The highest BCUT2D eigenvalue weighted by Crippen LogP contribution is 2.18. The number of hydrogen-bond acceptors (Lipinski definition) is 5. The molecule has 1 rings (SSSR count). The lowest BCUT2D eigenvalue weighted by atomic mass is 10.1. The molecule has 0 aliphatic rings. The van der Waals surface area contributed by atoms with Gasteiger partial charge in [0.05, 0.1) is 18.0 Å². The van der Waals surface area contributed by atoms with E-state index in [0.29, 0.717) is 5.56 Å². The average Bonchev–Trinajstić information content (AvgIpc) is 2.38. The van der Waals surface area contributed by atoms with E-state index in [1.165, 1.54) is 24.3 Å². The van der Waals surface area contributed by atoms with Crippen molar-refractivity contribution in [3.05, 3.63) is 45.5 Å². The van der Waals surface area contributed by atoms with Crippen LogP contribution in [0, 0.1) is 10.1 Å². The molecule has 0 aromatic heterocycles. The first-order valence-corrected chi connectivity index (χ1v) is 5.85. The molecular weight excluding hydrogens is 264 g/mol. The van der Waals surface area contributed by atoms with Crippen LogP contribution in [0.4, 0.5) is 5.69 Å². The first-order valence-electron chi connectivity index (χ1n) is 5.85. The third-order valence-electron chi connectivity index (χ3n) is 2.34. The molecule has 7 nitrogen and oxygen atoms in total. The number of nitrogens with zero attached hydrogens (tertiary/aromatic N) is 1. The minimum Gasteiger partial charge on any atom is -0.466 e. The molecule has 0 fully saturated rings. The molecule has 0 aliphatic carbocycles. The van der Waals surface area contributed by atoms with Gasteiger partial charge in [0.1, 0.15) is 0 Å². The van der Waals surface area contributed by atoms with Gasteiger partial charge in [-0.3, -0.25) is 19.7 Å². The van der Waals surface area contributed by atoms with Gasteiger partial charge in [0, 0.05) is 17.7 Å². The highest BCUT2D eigenvalue weighted by Gasteiger charge is 2.11. The number of benzene rings is 1. The Labute approximate surface area is 115 Å². The van der Waals surface area contributed by atoms with Gasteiger partial charge in [-0.1, -0.05) is 12.2 Å². The minimum absolute atomic E-state index is 0.0370. The molecule has 0 bridgehead atoms. The summed E-state index contributed by atoms with van der Waals surface area (Å²) in [7, 11) is 0. The summed E-state index contributed by atoms with van der Waals surface area (Å²) in [4.78, 5) is 32.4. The Morgan fingerprint density at radius 1 is 1.40 bits per heavy atom. The van der Waals surface area contributed by atoms with Crippen LogP contribution < -0.4 is 5.73 Å². The maximum Gasteiger partial charge on any atom is 0.309 e. The van der Waals surface area contributed by atoms with E-state index in [0.717, 1.165) is 6.07 Å². The Morgan fingerprint density at radius 2 is 2.10 bits per heavy atom. The topological polar surface area (TPSA) is 113 Å². The summed E-state index contributed by atoms with van der Waals surface area (Å²) in [5.74, 6) is -1.15. The molecule has 2 N–H and O–H groups in total. The molecule has 1 amide bonds. The fourth-order valence-electron chi connectivity index (χ4n) is 1.49. The van der Waals surface area contributed by atoms with Crippen LogP contribution in [0.5, 0.6) is 0 Å². The minimum atomic E-state index is -0.756. The molecule has 0 unspecified atom stereocenters. The Kier molecular flexibility index (Phi) is 5.40. The summed E-state index contributed by atoms with van der Waals surface area (Å²) < 4.78 is 4.73. The molecule has 0 saturated carbocycles. The number of nitro benzene ring substituents is 1. The molecule has 0 radical (unpaired) electrons. The van der Waals surface area contributed by atoms with E-state index in [1.54, 1.807) is 6.92 Å². The summed E-state index contributed by atoms with van der Waals surface area (Å²) in [5, 5.41) is 10.8. The van der Waals surface area contributed by atoms with Gasteiger partial charge in [-0.2, -0.15) is 0 Å². The third-order valence-corrected chi connectivity index (χ3v) is 2.34. The highest BCUT2D eigenvalue weighted by molar-refractivity contribution is 5.94. The molecule has 0 atom stereocenters. The molecule has 0 saturated heterocycles. The lowest BCUT2D eigenvalue weighted by Crippen LogP contribution is -2.11. The SMILES string of the molecule is CCOC(=O)CC=Cc1cc(C(N)=O)cc([N+](=O)[O-])c1. The number of ether oxygens (including phenoxy) is 1. The van der Waals surface area contributed by atoms with E-state index in [1.807, 2.05) is 0 Å². The fraction of sp³-hybridized carbons (Fsp3) is 0.231. The maximum absolute atomic E-state index is 11.1. The van der Waals surface area contributed by atoms with Crippen LogP contribution in [0.2, 0.25) is 0 Å². The molecule has 0 aliphatic heterocycles. The average molecular weight is 278 g/mol. The maximum atomic E-state index is 11.1. The second-order valence-electron chi connectivity index (χ2n) is 3.85.